The van der Waals surface area contributed by atoms with Crippen LogP contribution in [0.5, 0.6) is 0 Å². The fourth-order valence-electron chi connectivity index (χ4n) is 2.13. The third-order valence-electron chi connectivity index (χ3n) is 3.10. The molecule has 1 amide bonds. The van der Waals surface area contributed by atoms with Crippen LogP contribution in [-0.2, 0) is 14.9 Å². The van der Waals surface area contributed by atoms with E-state index in [1.807, 2.05) is 0 Å². The van der Waals surface area contributed by atoms with Crippen molar-refractivity contribution in [2.75, 3.05) is 5.33 Å². The smallest absolute Gasteiger partial charge is 0.284 e. The summed E-state index contributed by atoms with van der Waals surface area (Å²) in [6.45, 7) is 0. The van der Waals surface area contributed by atoms with E-state index in [0.29, 0.717) is 12.8 Å². The first kappa shape index (κ1) is 16.7. The molecule has 0 radical (unpaired) electrons. The zero-order valence-corrected chi connectivity index (χ0v) is 13.2. The summed E-state index contributed by atoms with van der Waals surface area (Å²) in [5.74, 6) is -1.84. The molecule has 19 heavy (non-hydrogen) atoms. The zero-order chi connectivity index (χ0) is 14.7. The summed E-state index contributed by atoms with van der Waals surface area (Å²) in [6, 6.07) is 0. The predicted octanol–water partition coefficient (Wildman–Crippen LogP) is 1.97. The summed E-state index contributed by atoms with van der Waals surface area (Å²) in [5.41, 5.74) is 5.22. The molecule has 0 spiro atoms. The van der Waals surface area contributed by atoms with Crippen molar-refractivity contribution in [3.63, 3.8) is 0 Å². The van der Waals surface area contributed by atoms with Crippen LogP contribution in [0.25, 0.3) is 0 Å². The van der Waals surface area contributed by atoms with Gasteiger partial charge in [0.15, 0.2) is 0 Å². The molecule has 5 nitrogen and oxygen atoms in total. The Balaban J connectivity index is 3.21. The number of rotatable bonds is 6. The first-order valence-electron chi connectivity index (χ1n) is 5.65. The molecular formula is C11H15BrClNO4S. The van der Waals surface area contributed by atoms with Crippen LogP contribution in [-0.4, -0.2) is 29.0 Å². The number of alkyl halides is 1. The van der Waals surface area contributed by atoms with Crippen molar-refractivity contribution < 1.29 is 17.8 Å². The molecule has 3 N–H and O–H groups in total. The Morgan fingerprint density at radius 3 is 2.63 bits per heavy atom. The summed E-state index contributed by atoms with van der Waals surface area (Å²) in [6.07, 6.45) is 5.96. The maximum absolute atomic E-state index is 11.6. The Labute approximate surface area is 125 Å². The van der Waals surface area contributed by atoms with Gasteiger partial charge in [0.2, 0.25) is 10.7 Å². The van der Waals surface area contributed by atoms with Gasteiger partial charge in [0.05, 0.1) is 0 Å². The van der Waals surface area contributed by atoms with Crippen LogP contribution >= 0.6 is 27.5 Å². The van der Waals surface area contributed by atoms with E-state index < -0.39 is 26.7 Å². The van der Waals surface area contributed by atoms with Gasteiger partial charge < -0.3 is 5.73 Å². The van der Waals surface area contributed by atoms with Gasteiger partial charge in [0.25, 0.3) is 10.1 Å². The number of hydrogen-bond donors (Lipinski definition) is 2. The lowest BCUT2D eigenvalue weighted by Gasteiger charge is -2.33. The van der Waals surface area contributed by atoms with E-state index in [4.69, 9.17) is 17.3 Å². The average Bonchev–Trinajstić information content (AvgIpc) is 2.29. The van der Waals surface area contributed by atoms with Crippen LogP contribution in [0.2, 0.25) is 0 Å². The van der Waals surface area contributed by atoms with Crippen LogP contribution < -0.4 is 5.73 Å². The lowest BCUT2D eigenvalue weighted by molar-refractivity contribution is -0.120. The maximum Gasteiger partial charge on any atom is 0.284 e. The minimum Gasteiger partial charge on any atom is -0.368 e. The van der Waals surface area contributed by atoms with E-state index in [2.05, 4.69) is 15.9 Å². The van der Waals surface area contributed by atoms with E-state index in [9.17, 15) is 17.8 Å². The molecular weight excluding hydrogens is 358 g/mol. The normalized spacial score (nSPS) is 27.1. The standard InChI is InChI=1S/C11H15BrClNO4S/c12-6-2-1-3-8-4-5-9(13)7-11(8,10(14)15)19(16,17)18/h4-5,7-8H,1-3,6H2,(H2,14,15)(H,16,17,18). The quantitative estimate of drug-likeness (QED) is 0.423. The molecule has 0 saturated carbocycles. The van der Waals surface area contributed by atoms with E-state index in [1.54, 1.807) is 0 Å². The van der Waals surface area contributed by atoms with Crippen molar-refractivity contribution in [1.29, 1.82) is 0 Å². The summed E-state index contributed by atoms with van der Waals surface area (Å²) in [4.78, 5) is 11.6. The first-order valence-corrected chi connectivity index (χ1v) is 8.59. The third-order valence-corrected chi connectivity index (χ3v) is 5.37. The molecule has 8 heteroatoms. The summed E-state index contributed by atoms with van der Waals surface area (Å²) >= 11 is 9.03. The molecule has 1 aliphatic carbocycles. The Morgan fingerprint density at radius 1 is 1.53 bits per heavy atom. The lowest BCUT2D eigenvalue weighted by Crippen LogP contribution is -2.54. The number of nitrogens with two attached hydrogens (primary N) is 1. The highest BCUT2D eigenvalue weighted by Crippen LogP contribution is 2.38. The number of allylic oxidation sites excluding steroid dienone is 3. The van der Waals surface area contributed by atoms with Crippen molar-refractivity contribution in [3.8, 4) is 0 Å². The van der Waals surface area contributed by atoms with E-state index >= 15 is 0 Å². The van der Waals surface area contributed by atoms with Gasteiger partial charge in [-0.3, -0.25) is 9.35 Å². The first-order chi connectivity index (χ1) is 8.75. The largest absolute Gasteiger partial charge is 0.368 e. The highest BCUT2D eigenvalue weighted by Gasteiger charge is 2.53. The van der Waals surface area contributed by atoms with Crippen molar-refractivity contribution in [2.24, 2.45) is 11.7 Å². The lowest BCUT2D eigenvalue weighted by atomic mass is 9.83. The van der Waals surface area contributed by atoms with Crippen LogP contribution in [0.4, 0.5) is 0 Å². The van der Waals surface area contributed by atoms with Gasteiger partial charge in [-0.1, -0.05) is 40.0 Å². The van der Waals surface area contributed by atoms with Crippen molar-refractivity contribution in [1.82, 2.24) is 0 Å². The fourth-order valence-corrected chi connectivity index (χ4v) is 3.94. The second kappa shape index (κ2) is 6.39. The molecule has 1 aliphatic rings. The average molecular weight is 373 g/mol. The number of hydrogen-bond acceptors (Lipinski definition) is 3. The van der Waals surface area contributed by atoms with E-state index in [0.717, 1.165) is 17.8 Å². The number of unbranched alkanes of at least 4 members (excludes halogenated alkanes) is 1. The van der Waals surface area contributed by atoms with Crippen LogP contribution in [0.1, 0.15) is 19.3 Å². The van der Waals surface area contributed by atoms with Crippen LogP contribution in [0, 0.1) is 5.92 Å². The molecule has 2 atom stereocenters. The van der Waals surface area contributed by atoms with Gasteiger partial charge in [-0.2, -0.15) is 8.42 Å². The van der Waals surface area contributed by atoms with Crippen molar-refractivity contribution in [2.45, 2.75) is 24.0 Å². The van der Waals surface area contributed by atoms with Crippen LogP contribution in [0.15, 0.2) is 23.3 Å². The maximum atomic E-state index is 11.6. The number of carbonyl (C=O) groups is 1. The van der Waals surface area contributed by atoms with Crippen LogP contribution in [0.3, 0.4) is 0 Å². The molecule has 0 aromatic carbocycles. The molecule has 0 aromatic rings. The second-order valence-corrected chi connectivity index (χ2v) is 7.17. The minimum atomic E-state index is -4.70. The summed E-state index contributed by atoms with van der Waals surface area (Å²) in [5, 5.41) is 0.836. The topological polar surface area (TPSA) is 97.5 Å². The highest BCUT2D eigenvalue weighted by atomic mass is 79.9. The summed E-state index contributed by atoms with van der Waals surface area (Å²) in [7, 11) is -4.70. The van der Waals surface area contributed by atoms with Gasteiger partial charge in [0.1, 0.15) is 0 Å². The number of amides is 1. The number of halogens is 2. The fraction of sp³-hybridized carbons (Fsp3) is 0.545. The number of primary amides is 1. The Kier molecular flexibility index (Phi) is 5.61. The molecule has 108 valence electrons. The van der Waals surface area contributed by atoms with Gasteiger partial charge in [-0.15, -0.1) is 0 Å². The molecule has 0 aliphatic heterocycles. The zero-order valence-electron chi connectivity index (χ0n) is 10.1. The van der Waals surface area contributed by atoms with Crippen molar-refractivity contribution >= 4 is 43.6 Å². The predicted molar refractivity (Wildman–Crippen MR) is 77.7 cm³/mol. The summed E-state index contributed by atoms with van der Waals surface area (Å²) < 4.78 is 30.6. The molecule has 2 unspecified atom stereocenters. The Morgan fingerprint density at radius 2 is 2.16 bits per heavy atom. The van der Waals surface area contributed by atoms with E-state index in [-0.39, 0.29) is 5.03 Å². The van der Waals surface area contributed by atoms with Crippen molar-refractivity contribution in [3.05, 3.63) is 23.3 Å². The second-order valence-electron chi connectivity index (χ2n) is 4.31. The monoisotopic (exact) mass is 371 g/mol. The minimum absolute atomic E-state index is 0.0631. The third kappa shape index (κ3) is 3.39. The number of carbonyl (C=O) groups excluding carboxylic acids is 1. The highest BCUT2D eigenvalue weighted by molar-refractivity contribution is 9.09. The molecule has 0 bridgehead atoms. The Bertz CT molecular complexity index is 517. The molecule has 1 rings (SSSR count). The Hall–Kier alpha value is -0.370. The molecule has 0 aromatic heterocycles. The van der Waals surface area contributed by atoms with E-state index in [1.165, 1.54) is 12.2 Å². The molecule has 0 saturated heterocycles. The molecule has 0 heterocycles. The van der Waals surface area contributed by atoms with Gasteiger partial charge in [0, 0.05) is 16.3 Å². The van der Waals surface area contributed by atoms with Gasteiger partial charge in [-0.05, 0) is 25.0 Å². The van der Waals surface area contributed by atoms with Gasteiger partial charge >= 0.3 is 0 Å². The molecule has 0 fully saturated rings. The SMILES string of the molecule is NC(=O)C1(S(=O)(=O)O)C=C(Cl)C=CC1CCCCBr. The van der Waals surface area contributed by atoms with Gasteiger partial charge in [-0.25, -0.2) is 0 Å².